The zero-order valence-electron chi connectivity index (χ0n) is 15.4. The van der Waals surface area contributed by atoms with Gasteiger partial charge >= 0.3 is 0 Å². The van der Waals surface area contributed by atoms with Crippen LogP contribution in [0, 0.1) is 12.7 Å². The minimum absolute atomic E-state index is 0.272. The summed E-state index contributed by atoms with van der Waals surface area (Å²) >= 11 is 6.39. The molecular weight excluding hydrogens is 379 g/mol. The first-order valence-electron chi connectivity index (χ1n) is 8.71. The fourth-order valence-corrected chi connectivity index (χ4v) is 3.38. The molecule has 0 unspecified atom stereocenters. The number of nitrogens with one attached hydrogen (secondary N) is 2. The van der Waals surface area contributed by atoms with Gasteiger partial charge in [0.15, 0.2) is 0 Å². The monoisotopic (exact) mass is 396 g/mol. The molecule has 0 aliphatic carbocycles. The first kappa shape index (κ1) is 18.3. The minimum atomic E-state index is -0.272. The number of methoxy groups -OCH3 is 1. The molecule has 1 aromatic heterocycles. The van der Waals surface area contributed by atoms with Crippen molar-refractivity contribution < 1.29 is 9.13 Å². The highest BCUT2D eigenvalue weighted by molar-refractivity contribution is 6.32. The van der Waals surface area contributed by atoms with E-state index < -0.39 is 0 Å². The maximum atomic E-state index is 13.6. The maximum Gasteiger partial charge on any atom is 0.227 e. The summed E-state index contributed by atoms with van der Waals surface area (Å²) in [5.74, 6) is 0.875. The van der Waals surface area contributed by atoms with E-state index in [2.05, 4.69) is 20.6 Å². The number of hydrogen-bond acceptors (Lipinski definition) is 5. The third-order valence-electron chi connectivity index (χ3n) is 4.44. The van der Waals surface area contributed by atoms with Crippen molar-refractivity contribution in [2.24, 2.45) is 0 Å². The third kappa shape index (κ3) is 3.64. The van der Waals surface area contributed by atoms with Crippen LogP contribution in [0.25, 0.3) is 5.57 Å². The molecule has 1 aliphatic heterocycles. The average molecular weight is 397 g/mol. The molecule has 2 heterocycles. The predicted molar refractivity (Wildman–Crippen MR) is 108 cm³/mol. The molecule has 1 aliphatic rings. The van der Waals surface area contributed by atoms with Crippen LogP contribution in [0.1, 0.15) is 22.4 Å². The number of halogens is 2. The van der Waals surface area contributed by atoms with Gasteiger partial charge in [-0.25, -0.2) is 14.4 Å². The van der Waals surface area contributed by atoms with Gasteiger partial charge in [0.2, 0.25) is 5.95 Å². The number of aryl methyl sites for hydroxylation is 1. The summed E-state index contributed by atoms with van der Waals surface area (Å²) in [6, 6.07) is 10.5. The van der Waals surface area contributed by atoms with Crippen LogP contribution in [0.2, 0.25) is 5.02 Å². The van der Waals surface area contributed by atoms with Crippen molar-refractivity contribution in [1.29, 1.82) is 0 Å². The molecule has 5 nitrogen and oxygen atoms in total. The fourth-order valence-electron chi connectivity index (χ4n) is 3.19. The predicted octanol–water partition coefficient (Wildman–Crippen LogP) is 4.82. The van der Waals surface area contributed by atoms with Gasteiger partial charge in [-0.2, -0.15) is 0 Å². The molecule has 0 bridgehead atoms. The Morgan fingerprint density at radius 1 is 1.21 bits per heavy atom. The first-order valence-corrected chi connectivity index (χ1v) is 9.09. The van der Waals surface area contributed by atoms with Crippen LogP contribution in [0.4, 0.5) is 16.0 Å². The van der Waals surface area contributed by atoms with E-state index in [1.807, 2.05) is 31.3 Å². The zero-order valence-corrected chi connectivity index (χ0v) is 16.1. The van der Waals surface area contributed by atoms with Crippen molar-refractivity contribution >= 4 is 28.8 Å². The van der Waals surface area contributed by atoms with E-state index in [0.29, 0.717) is 23.2 Å². The van der Waals surface area contributed by atoms with Gasteiger partial charge in [-0.1, -0.05) is 17.7 Å². The van der Waals surface area contributed by atoms with Gasteiger partial charge < -0.3 is 15.4 Å². The lowest BCUT2D eigenvalue weighted by molar-refractivity contribution is 0.414. The van der Waals surface area contributed by atoms with E-state index in [1.54, 1.807) is 19.4 Å². The lowest BCUT2D eigenvalue weighted by atomic mass is 9.95. The number of rotatable bonds is 4. The molecule has 2 aromatic carbocycles. The van der Waals surface area contributed by atoms with Crippen LogP contribution in [-0.2, 0) is 6.54 Å². The van der Waals surface area contributed by atoms with E-state index >= 15 is 0 Å². The Morgan fingerprint density at radius 3 is 2.89 bits per heavy atom. The zero-order chi connectivity index (χ0) is 19.7. The molecule has 142 valence electrons. The minimum Gasteiger partial charge on any atom is -0.497 e. The standard InChI is InChI=1S/C21H18ClFN4O/c1-12-5-15(8-16(6-12)28-2)26-21-25-11-19(22)20(27-21)18-10-24-9-13-7-14(23)3-4-17(13)18/h3-8,10-11,24H,9H2,1-2H3,(H,25,26,27). The second-order valence-corrected chi connectivity index (χ2v) is 6.90. The van der Waals surface area contributed by atoms with Crippen LogP contribution < -0.4 is 15.4 Å². The number of nitrogens with zero attached hydrogens (tertiary/aromatic N) is 2. The van der Waals surface area contributed by atoms with Gasteiger partial charge in [0, 0.05) is 30.1 Å². The lowest BCUT2D eigenvalue weighted by Gasteiger charge is -2.20. The first-order chi connectivity index (χ1) is 13.5. The fraction of sp³-hybridized carbons (Fsp3) is 0.143. The summed E-state index contributed by atoms with van der Waals surface area (Å²) in [7, 11) is 1.62. The highest BCUT2D eigenvalue weighted by Crippen LogP contribution is 2.33. The van der Waals surface area contributed by atoms with Gasteiger partial charge in [0.25, 0.3) is 0 Å². The molecule has 0 radical (unpaired) electrons. The van der Waals surface area contributed by atoms with Crippen LogP contribution in [0.15, 0.2) is 48.8 Å². The summed E-state index contributed by atoms with van der Waals surface area (Å²) < 4.78 is 18.9. The maximum absolute atomic E-state index is 13.6. The lowest BCUT2D eigenvalue weighted by Crippen LogP contribution is -2.15. The summed E-state index contributed by atoms with van der Waals surface area (Å²) in [6.07, 6.45) is 3.39. The van der Waals surface area contributed by atoms with Crippen molar-refractivity contribution in [3.05, 3.63) is 82.0 Å². The Labute approximate surface area is 167 Å². The van der Waals surface area contributed by atoms with E-state index in [9.17, 15) is 4.39 Å². The van der Waals surface area contributed by atoms with E-state index in [1.165, 1.54) is 12.1 Å². The Kier molecular flexibility index (Phi) is 4.88. The highest BCUT2D eigenvalue weighted by Gasteiger charge is 2.19. The normalized spacial score (nSPS) is 12.6. The molecular formula is C21H18ClFN4O. The quantitative estimate of drug-likeness (QED) is 0.662. The Balaban J connectivity index is 1.71. The Morgan fingerprint density at radius 2 is 2.07 bits per heavy atom. The SMILES string of the molecule is COc1cc(C)cc(Nc2ncc(Cl)c(C3=CNCc4cc(F)ccc43)n2)c1. The summed E-state index contributed by atoms with van der Waals surface area (Å²) in [5, 5.41) is 6.76. The number of fused-ring (bicyclic) bond motifs is 1. The molecule has 28 heavy (non-hydrogen) atoms. The number of hydrogen-bond donors (Lipinski definition) is 2. The second-order valence-electron chi connectivity index (χ2n) is 6.49. The van der Waals surface area contributed by atoms with Crippen LogP contribution in [-0.4, -0.2) is 17.1 Å². The number of ether oxygens (including phenoxy) is 1. The molecule has 0 fully saturated rings. The van der Waals surface area contributed by atoms with Crippen molar-refractivity contribution in [3.63, 3.8) is 0 Å². The molecule has 0 amide bonds. The molecule has 7 heteroatoms. The topological polar surface area (TPSA) is 59.1 Å². The summed E-state index contributed by atoms with van der Waals surface area (Å²) in [5.41, 5.74) is 4.96. The Hall–Kier alpha value is -3.12. The molecule has 0 spiro atoms. The average Bonchev–Trinajstić information content (AvgIpc) is 2.68. The van der Waals surface area contributed by atoms with E-state index in [-0.39, 0.29) is 5.82 Å². The molecule has 2 N–H and O–H groups in total. The summed E-state index contributed by atoms with van der Waals surface area (Å²) in [6.45, 7) is 2.53. The third-order valence-corrected chi connectivity index (χ3v) is 4.71. The molecule has 3 aromatic rings. The van der Waals surface area contributed by atoms with Crippen LogP contribution >= 0.6 is 11.6 Å². The number of benzene rings is 2. The van der Waals surface area contributed by atoms with Gasteiger partial charge in [-0.05, 0) is 47.9 Å². The van der Waals surface area contributed by atoms with Crippen molar-refractivity contribution in [2.45, 2.75) is 13.5 Å². The van der Waals surface area contributed by atoms with Gasteiger partial charge in [0.05, 0.1) is 24.0 Å². The van der Waals surface area contributed by atoms with Gasteiger partial charge in [0.1, 0.15) is 11.6 Å². The molecule has 0 saturated carbocycles. The van der Waals surface area contributed by atoms with E-state index in [0.717, 1.165) is 33.7 Å². The van der Waals surface area contributed by atoms with E-state index in [4.69, 9.17) is 16.3 Å². The second kappa shape index (κ2) is 7.48. The number of anilines is 2. The van der Waals surface area contributed by atoms with Crippen LogP contribution in [0.3, 0.4) is 0 Å². The molecule has 0 atom stereocenters. The highest BCUT2D eigenvalue weighted by atomic mass is 35.5. The number of aromatic nitrogens is 2. The molecule has 4 rings (SSSR count). The molecule has 0 saturated heterocycles. The summed E-state index contributed by atoms with van der Waals surface area (Å²) in [4.78, 5) is 8.88. The van der Waals surface area contributed by atoms with Crippen LogP contribution in [0.5, 0.6) is 5.75 Å². The van der Waals surface area contributed by atoms with Gasteiger partial charge in [-0.15, -0.1) is 0 Å². The van der Waals surface area contributed by atoms with Crippen molar-refractivity contribution in [2.75, 3.05) is 12.4 Å². The van der Waals surface area contributed by atoms with Crippen molar-refractivity contribution in [1.82, 2.24) is 15.3 Å². The smallest absolute Gasteiger partial charge is 0.227 e. The van der Waals surface area contributed by atoms with Gasteiger partial charge in [-0.3, -0.25) is 0 Å². The van der Waals surface area contributed by atoms with Crippen molar-refractivity contribution in [3.8, 4) is 5.75 Å². The largest absolute Gasteiger partial charge is 0.497 e. The Bertz CT molecular complexity index is 1080.